The number of hydrogen-bond donors (Lipinski definition) is 1. The van der Waals surface area contributed by atoms with E-state index in [0.717, 1.165) is 0 Å². The van der Waals surface area contributed by atoms with Gasteiger partial charge in [-0.2, -0.15) is 0 Å². The Morgan fingerprint density at radius 2 is 1.80 bits per heavy atom. The van der Waals surface area contributed by atoms with Gasteiger partial charge < -0.3 is 14.0 Å². The van der Waals surface area contributed by atoms with Gasteiger partial charge in [-0.15, -0.1) is 0 Å². The Hall–Kier alpha value is -1.33. The zero-order valence-corrected chi connectivity index (χ0v) is 13.6. The van der Waals surface area contributed by atoms with E-state index in [-0.39, 0.29) is 11.9 Å². The molecule has 0 bridgehead atoms. The van der Waals surface area contributed by atoms with Crippen LogP contribution in [0.15, 0.2) is 11.8 Å². The highest BCUT2D eigenvalue weighted by molar-refractivity contribution is 7.58. The fraction of sp³-hybridized carbons (Fsp3) is 0.667. The molecule has 0 spiro atoms. The van der Waals surface area contributed by atoms with Gasteiger partial charge in [-0.1, -0.05) is 0 Å². The number of nitrogens with one attached hydrogen (secondary N) is 1. The third-order valence-electron chi connectivity index (χ3n) is 2.05. The van der Waals surface area contributed by atoms with Gasteiger partial charge in [0.2, 0.25) is 7.37 Å². The van der Waals surface area contributed by atoms with Gasteiger partial charge in [0.05, 0.1) is 7.11 Å². The van der Waals surface area contributed by atoms with Gasteiger partial charge in [0, 0.05) is 19.9 Å². The molecule has 0 fully saturated rings. The third kappa shape index (κ3) is 7.96. The molecule has 0 aromatic heterocycles. The van der Waals surface area contributed by atoms with Crippen molar-refractivity contribution in [2.24, 2.45) is 0 Å². The van der Waals surface area contributed by atoms with Crippen LogP contribution >= 0.6 is 7.37 Å². The van der Waals surface area contributed by atoms with Crippen molar-refractivity contribution in [1.29, 1.82) is 0 Å². The zero-order chi connectivity index (χ0) is 16.0. The lowest BCUT2D eigenvalue weighted by Crippen LogP contribution is -2.34. The molecule has 1 unspecified atom stereocenters. The minimum Gasteiger partial charge on any atom is -0.464 e. The summed E-state index contributed by atoms with van der Waals surface area (Å²) in [6.07, 6.45) is 0.488. The van der Waals surface area contributed by atoms with Gasteiger partial charge >= 0.3 is 12.1 Å². The van der Waals surface area contributed by atoms with E-state index in [2.05, 4.69) is 10.1 Å². The fourth-order valence-corrected chi connectivity index (χ4v) is 1.70. The number of rotatable bonds is 5. The van der Waals surface area contributed by atoms with E-state index in [1.165, 1.54) is 27.0 Å². The molecule has 1 atom stereocenters. The standard InChI is InChI=1S/C12H22NO6P/c1-12(2,3)19-11(15)13-9(10(14)17-4)7-8-20(6,16)18-5/h7H,8H2,1-6H3,(H,13,15). The van der Waals surface area contributed by atoms with Crippen molar-refractivity contribution in [2.45, 2.75) is 26.4 Å². The zero-order valence-electron chi connectivity index (χ0n) is 12.7. The summed E-state index contributed by atoms with van der Waals surface area (Å²) in [6, 6.07) is 0. The van der Waals surface area contributed by atoms with Crippen LogP contribution in [0.3, 0.4) is 0 Å². The SMILES string of the molecule is COC(=O)C(=CCP(C)(=O)OC)NC(=O)OC(C)(C)C. The van der Waals surface area contributed by atoms with Crippen LogP contribution in [0.25, 0.3) is 0 Å². The lowest BCUT2D eigenvalue weighted by molar-refractivity contribution is -0.136. The molecule has 0 saturated carbocycles. The minimum atomic E-state index is -2.84. The molecule has 0 aromatic carbocycles. The molecule has 0 heterocycles. The molecular weight excluding hydrogens is 285 g/mol. The number of alkyl carbamates (subject to hydrolysis) is 1. The lowest BCUT2D eigenvalue weighted by Gasteiger charge is -2.20. The number of allylic oxidation sites excluding steroid dienone is 1. The molecule has 1 N–H and O–H groups in total. The number of methoxy groups -OCH3 is 1. The first-order chi connectivity index (χ1) is 9.00. The van der Waals surface area contributed by atoms with E-state index in [0.29, 0.717) is 0 Å². The van der Waals surface area contributed by atoms with Crippen molar-refractivity contribution in [2.75, 3.05) is 27.0 Å². The van der Waals surface area contributed by atoms with Gasteiger partial charge in [-0.3, -0.25) is 9.88 Å². The predicted octanol–water partition coefficient (Wildman–Crippen LogP) is 2.12. The Morgan fingerprint density at radius 3 is 2.20 bits per heavy atom. The van der Waals surface area contributed by atoms with Crippen LogP contribution in [0.5, 0.6) is 0 Å². The molecule has 116 valence electrons. The number of ether oxygens (including phenoxy) is 2. The Morgan fingerprint density at radius 1 is 1.25 bits per heavy atom. The Bertz CT molecular complexity index is 438. The fourth-order valence-electron chi connectivity index (χ4n) is 1.04. The summed E-state index contributed by atoms with van der Waals surface area (Å²) in [7, 11) is -0.350. The van der Waals surface area contributed by atoms with Gasteiger partial charge in [-0.25, -0.2) is 9.59 Å². The second kappa shape index (κ2) is 7.45. The Kier molecular flexibility index (Phi) is 6.96. The van der Waals surface area contributed by atoms with E-state index < -0.39 is 25.0 Å². The highest BCUT2D eigenvalue weighted by Crippen LogP contribution is 2.41. The number of amides is 1. The average molecular weight is 307 g/mol. The first-order valence-corrected chi connectivity index (χ1v) is 8.17. The van der Waals surface area contributed by atoms with E-state index in [1.807, 2.05) is 0 Å². The maximum Gasteiger partial charge on any atom is 0.412 e. The predicted molar refractivity (Wildman–Crippen MR) is 74.9 cm³/mol. The van der Waals surface area contributed by atoms with Gasteiger partial charge in [0.15, 0.2) is 0 Å². The van der Waals surface area contributed by atoms with Gasteiger partial charge in [-0.05, 0) is 26.8 Å². The van der Waals surface area contributed by atoms with E-state index in [1.54, 1.807) is 20.8 Å². The minimum absolute atomic E-state index is 0.0102. The van der Waals surface area contributed by atoms with E-state index >= 15 is 0 Å². The van der Waals surface area contributed by atoms with Crippen LogP contribution in [-0.2, 0) is 23.4 Å². The van der Waals surface area contributed by atoms with Crippen molar-refractivity contribution >= 4 is 19.4 Å². The number of carbonyl (C=O) groups excluding carboxylic acids is 2. The Balaban J connectivity index is 4.92. The maximum absolute atomic E-state index is 11.7. The number of hydrogen-bond acceptors (Lipinski definition) is 6. The van der Waals surface area contributed by atoms with Crippen LogP contribution in [0.2, 0.25) is 0 Å². The quantitative estimate of drug-likeness (QED) is 0.475. The molecule has 20 heavy (non-hydrogen) atoms. The van der Waals surface area contributed by atoms with E-state index in [4.69, 9.17) is 9.26 Å². The monoisotopic (exact) mass is 307 g/mol. The van der Waals surface area contributed by atoms with Crippen LogP contribution in [-0.4, -0.2) is 44.7 Å². The van der Waals surface area contributed by atoms with Gasteiger partial charge in [0.25, 0.3) is 0 Å². The molecule has 0 radical (unpaired) electrons. The van der Waals surface area contributed by atoms with Gasteiger partial charge in [0.1, 0.15) is 11.3 Å². The van der Waals surface area contributed by atoms with Crippen molar-refractivity contribution < 1.29 is 28.2 Å². The first-order valence-electron chi connectivity index (χ1n) is 5.91. The average Bonchev–Trinajstić information content (AvgIpc) is 2.31. The molecule has 0 aliphatic carbocycles. The number of carbonyl (C=O) groups is 2. The second-order valence-corrected chi connectivity index (χ2v) is 7.87. The van der Waals surface area contributed by atoms with Crippen LogP contribution in [0, 0.1) is 0 Å². The van der Waals surface area contributed by atoms with Crippen LogP contribution in [0.4, 0.5) is 4.79 Å². The maximum atomic E-state index is 11.7. The lowest BCUT2D eigenvalue weighted by atomic mass is 10.2. The summed E-state index contributed by atoms with van der Waals surface area (Å²) in [5, 5.41) is 2.27. The van der Waals surface area contributed by atoms with Crippen molar-refractivity contribution in [1.82, 2.24) is 5.32 Å². The highest BCUT2D eigenvalue weighted by atomic mass is 31.2. The molecule has 0 saturated heterocycles. The molecule has 8 heteroatoms. The molecular formula is C12H22NO6P. The molecule has 7 nitrogen and oxygen atoms in total. The molecule has 1 amide bonds. The number of esters is 1. The molecule has 0 aromatic rings. The van der Waals surface area contributed by atoms with Crippen molar-refractivity contribution in [3.05, 3.63) is 11.8 Å². The summed E-state index contributed by atoms with van der Waals surface area (Å²) < 4.78 is 26.1. The highest BCUT2D eigenvalue weighted by Gasteiger charge is 2.21. The second-order valence-electron chi connectivity index (χ2n) is 5.12. The summed E-state index contributed by atoms with van der Waals surface area (Å²) in [6.45, 7) is 6.50. The first kappa shape index (κ1) is 18.7. The summed E-state index contributed by atoms with van der Waals surface area (Å²) >= 11 is 0. The third-order valence-corrected chi connectivity index (χ3v) is 3.67. The van der Waals surface area contributed by atoms with Crippen LogP contribution < -0.4 is 5.32 Å². The van der Waals surface area contributed by atoms with E-state index in [9.17, 15) is 14.2 Å². The topological polar surface area (TPSA) is 90.9 Å². The summed E-state index contributed by atoms with van der Waals surface area (Å²) in [4.78, 5) is 23.1. The Labute approximate surface area is 119 Å². The van der Waals surface area contributed by atoms with Crippen LogP contribution in [0.1, 0.15) is 20.8 Å². The molecule has 0 aliphatic heterocycles. The largest absolute Gasteiger partial charge is 0.464 e. The smallest absolute Gasteiger partial charge is 0.412 e. The van der Waals surface area contributed by atoms with Crippen molar-refractivity contribution in [3.63, 3.8) is 0 Å². The summed E-state index contributed by atoms with van der Waals surface area (Å²) in [5.41, 5.74) is -0.835. The summed E-state index contributed by atoms with van der Waals surface area (Å²) in [5.74, 6) is -0.757. The molecule has 0 rings (SSSR count). The van der Waals surface area contributed by atoms with Crippen molar-refractivity contribution in [3.8, 4) is 0 Å². The molecule has 0 aliphatic rings. The normalized spacial score (nSPS) is 15.2.